The molecule has 1 N–H and O–H groups in total. The molecule has 0 unspecified atom stereocenters. The van der Waals surface area contributed by atoms with E-state index >= 15 is 0 Å². The molecule has 1 saturated heterocycles. The van der Waals surface area contributed by atoms with Crippen LogP contribution in [0.5, 0.6) is 0 Å². The van der Waals surface area contributed by atoms with E-state index in [1.807, 2.05) is 12.1 Å². The van der Waals surface area contributed by atoms with Crippen LogP contribution < -0.4 is 4.90 Å². The molecule has 1 heterocycles. The third-order valence-electron chi connectivity index (χ3n) is 2.92. The Morgan fingerprint density at radius 3 is 2.65 bits per heavy atom. The normalized spacial score (nSPS) is 17.9. The summed E-state index contributed by atoms with van der Waals surface area (Å²) >= 11 is 11.9. The zero-order valence-electron chi connectivity index (χ0n) is 9.79. The first kappa shape index (κ1) is 12.7. The average molecular weight is 273 g/mol. The first-order valence-corrected chi connectivity index (χ1v) is 6.46. The van der Waals surface area contributed by atoms with E-state index < -0.39 is 0 Å². The Hall–Kier alpha value is -0.770. The molecule has 1 aliphatic heterocycles. The van der Waals surface area contributed by atoms with Crippen LogP contribution in [0.15, 0.2) is 23.3 Å². The van der Waals surface area contributed by atoms with Crippen molar-refractivity contribution in [3.63, 3.8) is 0 Å². The fraction of sp³-hybridized carbons (Fsp3) is 0.417. The second-order valence-corrected chi connectivity index (χ2v) is 5.16. The fourth-order valence-corrected chi connectivity index (χ4v) is 2.20. The number of hydrogen-bond donors (Lipinski definition) is 1. The number of nitrogens with zero attached hydrogens (tertiary/aromatic N) is 2. The predicted molar refractivity (Wildman–Crippen MR) is 72.2 cm³/mol. The van der Waals surface area contributed by atoms with Gasteiger partial charge in [-0.2, -0.15) is 5.10 Å². The first-order chi connectivity index (χ1) is 8.15. The summed E-state index contributed by atoms with van der Waals surface area (Å²) < 4.78 is 0. The van der Waals surface area contributed by atoms with E-state index in [9.17, 15) is 0 Å². The number of rotatable bonds is 2. The van der Waals surface area contributed by atoms with Crippen molar-refractivity contribution in [2.24, 2.45) is 5.10 Å². The van der Waals surface area contributed by atoms with Crippen LogP contribution in [0.3, 0.4) is 0 Å². The Kier molecular flexibility index (Phi) is 4.26. The van der Waals surface area contributed by atoms with Gasteiger partial charge in [-0.3, -0.25) is 5.01 Å². The summed E-state index contributed by atoms with van der Waals surface area (Å²) in [6, 6.07) is 5.44. The lowest BCUT2D eigenvalue weighted by atomic mass is 10.2. The number of hydrazone groups is 1. The minimum absolute atomic E-state index is 0.640. The second kappa shape index (κ2) is 5.71. The molecule has 0 aromatic heterocycles. The maximum atomic E-state index is 6.07. The van der Waals surface area contributed by atoms with Crippen LogP contribution in [0.1, 0.15) is 5.56 Å². The van der Waals surface area contributed by atoms with E-state index in [1.54, 1.807) is 17.2 Å². The molecule has 0 spiro atoms. The monoisotopic (exact) mass is 272 g/mol. The van der Waals surface area contributed by atoms with Crippen LogP contribution in [0.4, 0.5) is 0 Å². The predicted octanol–water partition coefficient (Wildman–Crippen LogP) is 1.16. The highest BCUT2D eigenvalue weighted by Crippen LogP contribution is 2.19. The molecule has 0 amide bonds. The van der Waals surface area contributed by atoms with Gasteiger partial charge in [-0.05, 0) is 12.1 Å². The molecule has 92 valence electrons. The molecule has 2 rings (SSSR count). The molecule has 0 atom stereocenters. The molecule has 3 nitrogen and oxygen atoms in total. The van der Waals surface area contributed by atoms with Crippen molar-refractivity contribution >= 4 is 29.4 Å². The molecular weight excluding hydrogens is 257 g/mol. The quantitative estimate of drug-likeness (QED) is 0.802. The van der Waals surface area contributed by atoms with Crippen LogP contribution in [0, 0.1) is 0 Å². The number of likely N-dealkylation sites (N-methyl/N-ethyl adjacent to an activating group) is 1. The number of halogens is 2. The largest absolute Gasteiger partial charge is 0.334 e. The maximum absolute atomic E-state index is 6.07. The number of nitrogens with one attached hydrogen (secondary N) is 1. The van der Waals surface area contributed by atoms with Gasteiger partial charge in [0.1, 0.15) is 0 Å². The SMILES string of the molecule is C[NH+]1CCN(/N=C\c2ccc(Cl)cc2Cl)CC1. The van der Waals surface area contributed by atoms with Gasteiger partial charge in [0.15, 0.2) is 0 Å². The lowest BCUT2D eigenvalue weighted by Gasteiger charge is -2.27. The minimum Gasteiger partial charge on any atom is -0.334 e. The van der Waals surface area contributed by atoms with Gasteiger partial charge >= 0.3 is 0 Å². The molecular formula is C12H16Cl2N3+. The van der Waals surface area contributed by atoms with Gasteiger partial charge in [-0.15, -0.1) is 0 Å². The first-order valence-electron chi connectivity index (χ1n) is 5.70. The maximum Gasteiger partial charge on any atom is 0.0964 e. The number of benzene rings is 1. The van der Waals surface area contributed by atoms with Crippen molar-refractivity contribution in [3.8, 4) is 0 Å². The number of piperazine rings is 1. The molecule has 0 saturated carbocycles. The summed E-state index contributed by atoms with van der Waals surface area (Å²) in [5.74, 6) is 0. The Morgan fingerprint density at radius 2 is 2.00 bits per heavy atom. The van der Waals surface area contributed by atoms with E-state index in [4.69, 9.17) is 23.2 Å². The van der Waals surface area contributed by atoms with Crippen LogP contribution >= 0.6 is 23.2 Å². The molecule has 1 aromatic rings. The van der Waals surface area contributed by atoms with Crippen LogP contribution in [0.2, 0.25) is 10.0 Å². The van der Waals surface area contributed by atoms with E-state index in [1.165, 1.54) is 0 Å². The van der Waals surface area contributed by atoms with Crippen LogP contribution in [0.25, 0.3) is 0 Å². The molecule has 17 heavy (non-hydrogen) atoms. The summed E-state index contributed by atoms with van der Waals surface area (Å²) in [7, 11) is 2.21. The fourth-order valence-electron chi connectivity index (χ4n) is 1.74. The molecule has 1 fully saturated rings. The highest BCUT2D eigenvalue weighted by atomic mass is 35.5. The lowest BCUT2D eigenvalue weighted by Crippen LogP contribution is -3.11. The molecule has 0 bridgehead atoms. The van der Waals surface area contributed by atoms with E-state index in [0.29, 0.717) is 10.0 Å². The molecule has 1 aliphatic rings. The summed E-state index contributed by atoms with van der Waals surface area (Å²) in [5, 5.41) is 7.82. The summed E-state index contributed by atoms with van der Waals surface area (Å²) in [6.07, 6.45) is 1.80. The van der Waals surface area contributed by atoms with Crippen molar-refractivity contribution in [3.05, 3.63) is 33.8 Å². The number of hydrogen-bond acceptors (Lipinski definition) is 2. The number of quaternary nitrogens is 1. The topological polar surface area (TPSA) is 20.0 Å². The van der Waals surface area contributed by atoms with Gasteiger partial charge in [0.05, 0.1) is 44.5 Å². The molecule has 1 aromatic carbocycles. The smallest absolute Gasteiger partial charge is 0.0964 e. The van der Waals surface area contributed by atoms with Crippen LogP contribution in [-0.2, 0) is 0 Å². The Morgan fingerprint density at radius 1 is 1.29 bits per heavy atom. The van der Waals surface area contributed by atoms with Crippen molar-refractivity contribution < 1.29 is 4.90 Å². The third kappa shape index (κ3) is 3.60. The van der Waals surface area contributed by atoms with Gasteiger partial charge in [0.25, 0.3) is 0 Å². The van der Waals surface area contributed by atoms with Crippen molar-refractivity contribution in [2.75, 3.05) is 33.2 Å². The van der Waals surface area contributed by atoms with E-state index in [-0.39, 0.29) is 0 Å². The molecule has 5 heteroatoms. The van der Waals surface area contributed by atoms with Crippen molar-refractivity contribution in [1.29, 1.82) is 0 Å². The highest BCUT2D eigenvalue weighted by molar-refractivity contribution is 6.36. The standard InChI is InChI=1S/C12H15Cl2N3/c1-16-4-6-17(7-5-16)15-9-10-2-3-11(13)8-12(10)14/h2-3,8-9H,4-7H2,1H3/p+1/b15-9-. The molecule has 0 radical (unpaired) electrons. The van der Waals surface area contributed by atoms with Gasteiger partial charge in [0.2, 0.25) is 0 Å². The van der Waals surface area contributed by atoms with E-state index in [0.717, 1.165) is 31.7 Å². The van der Waals surface area contributed by atoms with Gasteiger partial charge in [0, 0.05) is 10.6 Å². The van der Waals surface area contributed by atoms with E-state index in [2.05, 4.69) is 17.2 Å². The summed E-state index contributed by atoms with van der Waals surface area (Å²) in [4.78, 5) is 1.56. The Balaban J connectivity index is 2.00. The lowest BCUT2D eigenvalue weighted by molar-refractivity contribution is -0.884. The Bertz CT molecular complexity index is 412. The van der Waals surface area contributed by atoms with Crippen molar-refractivity contribution in [1.82, 2.24) is 5.01 Å². The van der Waals surface area contributed by atoms with Crippen LogP contribution in [-0.4, -0.2) is 44.5 Å². The summed E-state index contributed by atoms with van der Waals surface area (Å²) in [5.41, 5.74) is 0.905. The average Bonchev–Trinajstić information content (AvgIpc) is 2.30. The third-order valence-corrected chi connectivity index (χ3v) is 3.48. The van der Waals surface area contributed by atoms with Gasteiger partial charge in [-0.1, -0.05) is 29.3 Å². The summed E-state index contributed by atoms with van der Waals surface area (Å²) in [6.45, 7) is 4.25. The Labute approximate surface area is 112 Å². The minimum atomic E-state index is 0.640. The van der Waals surface area contributed by atoms with Gasteiger partial charge < -0.3 is 4.90 Å². The zero-order chi connectivity index (χ0) is 12.3. The van der Waals surface area contributed by atoms with Gasteiger partial charge in [-0.25, -0.2) is 0 Å². The van der Waals surface area contributed by atoms with Crippen molar-refractivity contribution in [2.45, 2.75) is 0 Å². The second-order valence-electron chi connectivity index (χ2n) is 4.32. The highest BCUT2D eigenvalue weighted by Gasteiger charge is 2.14. The zero-order valence-corrected chi connectivity index (χ0v) is 11.3. The molecule has 0 aliphatic carbocycles.